The van der Waals surface area contributed by atoms with Crippen molar-refractivity contribution in [3.05, 3.63) is 64.3 Å². The zero-order chi connectivity index (χ0) is 18.9. The fourth-order valence-electron chi connectivity index (χ4n) is 2.46. The third-order valence-electron chi connectivity index (χ3n) is 3.71. The van der Waals surface area contributed by atoms with Gasteiger partial charge in [0.25, 0.3) is 0 Å². The lowest BCUT2D eigenvalue weighted by molar-refractivity contribution is 0.584. The summed E-state index contributed by atoms with van der Waals surface area (Å²) in [6.45, 7) is 2.42. The Bertz CT molecular complexity index is 1120. The second kappa shape index (κ2) is 7.10. The van der Waals surface area contributed by atoms with Crippen LogP contribution in [-0.4, -0.2) is 13.0 Å². The Morgan fingerprint density at radius 3 is 2.42 bits per heavy atom. The van der Waals surface area contributed by atoms with Crippen LogP contribution in [0, 0.1) is 11.6 Å². The highest BCUT2D eigenvalue weighted by Crippen LogP contribution is 2.24. The molecule has 0 spiro atoms. The summed E-state index contributed by atoms with van der Waals surface area (Å²) in [6.07, 6.45) is 0. The Kier molecular flexibility index (Phi) is 5.03. The van der Waals surface area contributed by atoms with Gasteiger partial charge in [-0.3, -0.25) is 0 Å². The molecule has 0 amide bonds. The number of hydrogen-bond acceptors (Lipinski definition) is 4. The molecule has 2 aromatic carbocycles. The molecule has 0 aliphatic heterocycles. The van der Waals surface area contributed by atoms with Gasteiger partial charge >= 0.3 is 0 Å². The van der Waals surface area contributed by atoms with Gasteiger partial charge in [-0.2, -0.15) is 0 Å². The van der Waals surface area contributed by atoms with Gasteiger partial charge in [-0.15, -0.1) is 11.3 Å². The van der Waals surface area contributed by atoms with Crippen molar-refractivity contribution in [1.82, 2.24) is 4.57 Å². The lowest BCUT2D eigenvalue weighted by Gasteiger charge is -2.07. The zero-order valence-electron chi connectivity index (χ0n) is 13.7. The van der Waals surface area contributed by atoms with Gasteiger partial charge in [0.1, 0.15) is 11.6 Å². The lowest BCUT2D eigenvalue weighted by atomic mass is 10.1. The number of nitrogens with zero attached hydrogens (tertiary/aromatic N) is 2. The molecule has 1 heterocycles. The van der Waals surface area contributed by atoms with Gasteiger partial charge in [0.2, 0.25) is 10.0 Å². The van der Waals surface area contributed by atoms with E-state index in [-0.39, 0.29) is 10.5 Å². The van der Waals surface area contributed by atoms with Crippen LogP contribution in [0.15, 0.2) is 57.7 Å². The van der Waals surface area contributed by atoms with Crippen LogP contribution < -0.4 is 9.94 Å². The molecule has 136 valence electrons. The molecule has 0 bridgehead atoms. The van der Waals surface area contributed by atoms with E-state index in [1.54, 1.807) is 9.95 Å². The van der Waals surface area contributed by atoms with Crippen LogP contribution in [0.5, 0.6) is 0 Å². The number of halogens is 2. The Balaban J connectivity index is 2.07. The quantitative estimate of drug-likeness (QED) is 0.735. The maximum Gasteiger partial charge on any atom is 0.238 e. The highest BCUT2D eigenvalue weighted by molar-refractivity contribution is 7.89. The first-order valence-corrected chi connectivity index (χ1v) is 10.0. The van der Waals surface area contributed by atoms with E-state index in [4.69, 9.17) is 5.14 Å². The summed E-state index contributed by atoms with van der Waals surface area (Å²) in [7, 11) is -3.76. The monoisotopic (exact) mass is 395 g/mol. The van der Waals surface area contributed by atoms with Crippen molar-refractivity contribution in [3.63, 3.8) is 0 Å². The van der Waals surface area contributed by atoms with Crippen LogP contribution in [0.4, 0.5) is 14.5 Å². The van der Waals surface area contributed by atoms with Gasteiger partial charge in [0, 0.05) is 23.6 Å². The molecule has 0 fully saturated rings. The first-order chi connectivity index (χ1) is 12.3. The summed E-state index contributed by atoms with van der Waals surface area (Å²) >= 11 is 1.31. The van der Waals surface area contributed by atoms with Gasteiger partial charge in [0.05, 0.1) is 16.3 Å². The van der Waals surface area contributed by atoms with Crippen molar-refractivity contribution in [2.75, 3.05) is 0 Å². The number of rotatable bonds is 4. The molecule has 3 rings (SSSR count). The fourth-order valence-corrected chi connectivity index (χ4v) is 3.96. The second-order valence-corrected chi connectivity index (χ2v) is 7.82. The molecule has 2 N–H and O–H groups in total. The number of nitrogens with two attached hydrogens (primary N) is 1. The highest BCUT2D eigenvalue weighted by atomic mass is 32.2. The molecule has 0 aliphatic carbocycles. The molecule has 0 aliphatic rings. The first kappa shape index (κ1) is 18.4. The average molecular weight is 395 g/mol. The van der Waals surface area contributed by atoms with Crippen molar-refractivity contribution in [2.45, 2.75) is 18.4 Å². The minimum atomic E-state index is -3.76. The predicted octanol–water partition coefficient (Wildman–Crippen LogP) is 3.39. The predicted molar refractivity (Wildman–Crippen MR) is 96.4 cm³/mol. The molecule has 0 radical (unpaired) electrons. The van der Waals surface area contributed by atoms with Crippen LogP contribution in [0.25, 0.3) is 11.3 Å². The van der Waals surface area contributed by atoms with Gasteiger partial charge in [-0.25, -0.2) is 27.3 Å². The van der Waals surface area contributed by atoms with E-state index in [2.05, 4.69) is 4.99 Å². The van der Waals surface area contributed by atoms with Gasteiger partial charge in [0.15, 0.2) is 4.80 Å². The molecule has 0 saturated carbocycles. The summed E-state index contributed by atoms with van der Waals surface area (Å²) in [6, 6.07) is 9.27. The first-order valence-electron chi connectivity index (χ1n) is 7.61. The summed E-state index contributed by atoms with van der Waals surface area (Å²) < 4.78 is 51.6. The topological polar surface area (TPSA) is 77.5 Å². The van der Waals surface area contributed by atoms with E-state index < -0.39 is 21.7 Å². The zero-order valence-corrected chi connectivity index (χ0v) is 15.3. The van der Waals surface area contributed by atoms with Gasteiger partial charge < -0.3 is 4.57 Å². The Morgan fingerprint density at radius 2 is 1.85 bits per heavy atom. The van der Waals surface area contributed by atoms with E-state index in [0.29, 0.717) is 22.7 Å². The molecular weight excluding hydrogens is 380 g/mol. The average Bonchev–Trinajstić information content (AvgIpc) is 2.97. The van der Waals surface area contributed by atoms with Crippen molar-refractivity contribution in [2.24, 2.45) is 10.1 Å². The molecule has 3 aromatic rings. The van der Waals surface area contributed by atoms with Crippen molar-refractivity contribution < 1.29 is 17.2 Å². The Hall–Kier alpha value is -2.36. The van der Waals surface area contributed by atoms with Gasteiger partial charge in [-0.1, -0.05) is 0 Å². The molecule has 9 heteroatoms. The van der Waals surface area contributed by atoms with Crippen molar-refractivity contribution in [1.29, 1.82) is 0 Å². The molecule has 0 saturated heterocycles. The number of primary sulfonamides is 1. The number of hydrogen-bond donors (Lipinski definition) is 1. The maximum absolute atomic E-state index is 14.1. The molecular formula is C17H15F2N3O2S2. The molecule has 0 atom stereocenters. The van der Waals surface area contributed by atoms with Crippen LogP contribution in [0.1, 0.15) is 6.92 Å². The number of aromatic nitrogens is 1. The minimum Gasteiger partial charge on any atom is -0.317 e. The number of benzene rings is 2. The lowest BCUT2D eigenvalue weighted by Crippen LogP contribution is -2.14. The van der Waals surface area contributed by atoms with Crippen molar-refractivity contribution in [3.8, 4) is 11.3 Å². The minimum absolute atomic E-state index is 0.0000648. The molecule has 0 unspecified atom stereocenters. The fraction of sp³-hybridized carbons (Fsp3) is 0.118. The van der Waals surface area contributed by atoms with E-state index in [0.717, 1.165) is 6.07 Å². The second-order valence-electron chi connectivity index (χ2n) is 5.42. The van der Waals surface area contributed by atoms with E-state index in [1.165, 1.54) is 47.7 Å². The standard InChI is InChI=1S/C17H15F2N3O2S2/c1-2-22-16(14-8-3-11(18)9-15(14)19)10-25-17(22)21-12-4-6-13(7-5-12)26(20,23)24/h3-10H,2H2,1H3,(H2,20,23,24). The Morgan fingerprint density at radius 1 is 1.15 bits per heavy atom. The maximum atomic E-state index is 14.1. The van der Waals surface area contributed by atoms with E-state index in [1.807, 2.05) is 6.92 Å². The molecule has 5 nitrogen and oxygen atoms in total. The Labute approximate surface area is 153 Å². The van der Waals surface area contributed by atoms with Gasteiger partial charge in [-0.05, 0) is 43.3 Å². The summed E-state index contributed by atoms with van der Waals surface area (Å²) in [5, 5.41) is 6.82. The third-order valence-corrected chi connectivity index (χ3v) is 5.50. The molecule has 1 aromatic heterocycles. The largest absolute Gasteiger partial charge is 0.317 e. The van der Waals surface area contributed by atoms with Crippen LogP contribution in [0.2, 0.25) is 0 Å². The highest BCUT2D eigenvalue weighted by Gasteiger charge is 2.12. The summed E-state index contributed by atoms with van der Waals surface area (Å²) in [4.78, 5) is 5.08. The van der Waals surface area contributed by atoms with Crippen molar-refractivity contribution >= 4 is 27.0 Å². The summed E-state index contributed by atoms with van der Waals surface area (Å²) in [5.41, 5.74) is 1.41. The molecule has 26 heavy (non-hydrogen) atoms. The van der Waals surface area contributed by atoms with E-state index in [9.17, 15) is 17.2 Å². The smallest absolute Gasteiger partial charge is 0.238 e. The van der Waals surface area contributed by atoms with Crippen LogP contribution in [-0.2, 0) is 16.6 Å². The van der Waals surface area contributed by atoms with Crippen LogP contribution >= 0.6 is 11.3 Å². The van der Waals surface area contributed by atoms with Crippen LogP contribution in [0.3, 0.4) is 0 Å². The SMILES string of the molecule is CCn1c(-c2ccc(F)cc2F)csc1=Nc1ccc(S(N)(=O)=O)cc1. The normalized spacial score (nSPS) is 12.5. The summed E-state index contributed by atoms with van der Waals surface area (Å²) in [5.74, 6) is -1.28. The number of sulfonamides is 1. The van der Waals surface area contributed by atoms with E-state index >= 15 is 0 Å². The third kappa shape index (κ3) is 3.74. The number of thiazole rings is 1.